The van der Waals surface area contributed by atoms with Crippen molar-refractivity contribution in [3.8, 4) is 0 Å². The number of rotatable bonds is 5. The zero-order chi connectivity index (χ0) is 18.0. The number of halogens is 2. The van der Waals surface area contributed by atoms with E-state index >= 15 is 0 Å². The quantitative estimate of drug-likeness (QED) is 0.758. The highest BCUT2D eigenvalue weighted by Crippen LogP contribution is 2.16. The van der Waals surface area contributed by atoms with Gasteiger partial charge in [0.1, 0.15) is 4.83 Å². The fourth-order valence-electron chi connectivity index (χ4n) is 2.45. The van der Waals surface area contributed by atoms with Gasteiger partial charge in [0.25, 0.3) is 5.56 Å². The summed E-state index contributed by atoms with van der Waals surface area (Å²) < 4.78 is 27.6. The predicted octanol–water partition coefficient (Wildman–Crippen LogP) is 3.00. The molecule has 1 atom stereocenters. The van der Waals surface area contributed by atoms with Crippen molar-refractivity contribution in [3.05, 3.63) is 63.5 Å². The molecule has 25 heavy (non-hydrogen) atoms. The lowest BCUT2D eigenvalue weighted by Crippen LogP contribution is -2.29. The highest BCUT2D eigenvalue weighted by Gasteiger charge is 2.13. The molecule has 0 radical (unpaired) electrons. The van der Waals surface area contributed by atoms with Crippen LogP contribution < -0.4 is 10.9 Å². The molecule has 1 unspecified atom stereocenters. The molecule has 3 aromatic rings. The fraction of sp³-hybridized carbons (Fsp3) is 0.235. The Kier molecular flexibility index (Phi) is 4.89. The van der Waals surface area contributed by atoms with Crippen molar-refractivity contribution >= 4 is 27.5 Å². The lowest BCUT2D eigenvalue weighted by molar-refractivity contribution is -0.121. The molecule has 1 N–H and O–H groups in total. The topological polar surface area (TPSA) is 64.0 Å². The highest BCUT2D eigenvalue weighted by molar-refractivity contribution is 7.16. The largest absolute Gasteiger partial charge is 0.350 e. The molecule has 0 aliphatic heterocycles. The molecule has 0 spiro atoms. The summed E-state index contributed by atoms with van der Waals surface area (Å²) >= 11 is 1.38. The Hall–Kier alpha value is -2.61. The van der Waals surface area contributed by atoms with Crippen LogP contribution in [0, 0.1) is 11.6 Å². The first kappa shape index (κ1) is 17.2. The van der Waals surface area contributed by atoms with E-state index in [0.717, 1.165) is 12.1 Å². The zero-order valence-corrected chi connectivity index (χ0v) is 14.1. The van der Waals surface area contributed by atoms with Gasteiger partial charge in [-0.2, -0.15) is 0 Å². The van der Waals surface area contributed by atoms with Crippen molar-refractivity contribution in [2.75, 3.05) is 0 Å². The Morgan fingerprint density at radius 2 is 2.12 bits per heavy atom. The first-order valence-corrected chi connectivity index (χ1v) is 8.50. The highest BCUT2D eigenvalue weighted by atomic mass is 32.1. The van der Waals surface area contributed by atoms with E-state index in [4.69, 9.17) is 0 Å². The molecule has 0 saturated carbocycles. The van der Waals surface area contributed by atoms with Gasteiger partial charge in [-0.15, -0.1) is 11.3 Å². The molecule has 1 aromatic carbocycles. The maximum atomic E-state index is 13.3. The van der Waals surface area contributed by atoms with Crippen molar-refractivity contribution in [3.63, 3.8) is 0 Å². The molecular formula is C17H15F2N3O2S. The van der Waals surface area contributed by atoms with Crippen molar-refractivity contribution in [2.45, 2.75) is 25.9 Å². The third-order valence-electron chi connectivity index (χ3n) is 3.85. The van der Waals surface area contributed by atoms with Crippen LogP contribution in [0.1, 0.15) is 24.9 Å². The number of thiophene rings is 1. The lowest BCUT2D eigenvalue weighted by atomic mass is 10.1. The van der Waals surface area contributed by atoms with E-state index in [2.05, 4.69) is 10.3 Å². The van der Waals surface area contributed by atoms with Crippen molar-refractivity contribution in [1.29, 1.82) is 0 Å². The average Bonchev–Trinajstić information content (AvgIpc) is 3.06. The summed E-state index contributed by atoms with van der Waals surface area (Å²) in [5.74, 6) is -2.19. The number of benzene rings is 1. The van der Waals surface area contributed by atoms with Crippen molar-refractivity contribution in [2.24, 2.45) is 0 Å². The van der Waals surface area contributed by atoms with E-state index in [-0.39, 0.29) is 24.4 Å². The molecule has 0 bridgehead atoms. The molecule has 2 heterocycles. The number of aryl methyl sites for hydroxylation is 1. The van der Waals surface area contributed by atoms with E-state index in [0.29, 0.717) is 15.8 Å². The smallest absolute Gasteiger partial charge is 0.262 e. The second kappa shape index (κ2) is 7.10. The van der Waals surface area contributed by atoms with Gasteiger partial charge in [-0.05, 0) is 36.1 Å². The van der Waals surface area contributed by atoms with Gasteiger partial charge in [-0.3, -0.25) is 14.2 Å². The van der Waals surface area contributed by atoms with Crippen LogP contribution >= 0.6 is 11.3 Å². The van der Waals surface area contributed by atoms with Crippen molar-refractivity contribution in [1.82, 2.24) is 14.9 Å². The number of nitrogens with one attached hydrogen (secondary N) is 1. The Morgan fingerprint density at radius 1 is 1.32 bits per heavy atom. The number of carbonyl (C=O) groups is 1. The first-order valence-electron chi connectivity index (χ1n) is 7.62. The molecular weight excluding hydrogens is 348 g/mol. The SMILES string of the molecule is CC(NC(=O)CCn1cnc2sccc2c1=O)c1ccc(F)c(F)c1. The molecule has 0 aliphatic rings. The number of nitrogens with zero attached hydrogens (tertiary/aromatic N) is 2. The van der Waals surface area contributed by atoms with Gasteiger partial charge in [-0.1, -0.05) is 6.07 Å². The van der Waals surface area contributed by atoms with Gasteiger partial charge in [0.15, 0.2) is 11.6 Å². The zero-order valence-electron chi connectivity index (χ0n) is 13.3. The van der Waals surface area contributed by atoms with E-state index in [1.165, 1.54) is 28.3 Å². The van der Waals surface area contributed by atoms with Gasteiger partial charge in [0.2, 0.25) is 5.91 Å². The summed E-state index contributed by atoms with van der Waals surface area (Å²) in [5, 5.41) is 5.02. The fourth-order valence-corrected chi connectivity index (χ4v) is 3.18. The summed E-state index contributed by atoms with van der Waals surface area (Å²) in [5.41, 5.74) is 0.276. The number of carbonyl (C=O) groups excluding carboxylic acids is 1. The molecule has 3 rings (SSSR count). The summed E-state index contributed by atoms with van der Waals surface area (Å²) in [6.45, 7) is 1.86. The Bertz CT molecular complexity index is 983. The molecule has 0 fully saturated rings. The number of hydrogen-bond acceptors (Lipinski definition) is 4. The molecule has 5 nitrogen and oxygen atoms in total. The van der Waals surface area contributed by atoms with Crippen LogP contribution in [0.3, 0.4) is 0 Å². The Balaban J connectivity index is 1.62. The summed E-state index contributed by atoms with van der Waals surface area (Å²) in [4.78, 5) is 29.1. The predicted molar refractivity (Wildman–Crippen MR) is 91.4 cm³/mol. The van der Waals surface area contributed by atoms with Gasteiger partial charge in [0, 0.05) is 13.0 Å². The summed E-state index contributed by atoms with van der Waals surface area (Å²) in [6.07, 6.45) is 1.50. The van der Waals surface area contributed by atoms with Crippen LogP contribution in [0.5, 0.6) is 0 Å². The van der Waals surface area contributed by atoms with Gasteiger partial charge in [-0.25, -0.2) is 13.8 Å². The minimum Gasteiger partial charge on any atom is -0.350 e. The van der Waals surface area contributed by atoms with E-state index < -0.39 is 17.7 Å². The third-order valence-corrected chi connectivity index (χ3v) is 4.67. The number of amides is 1. The number of aromatic nitrogens is 2. The number of hydrogen-bond donors (Lipinski definition) is 1. The molecule has 8 heteroatoms. The van der Waals surface area contributed by atoms with Crippen LogP contribution in [0.4, 0.5) is 8.78 Å². The van der Waals surface area contributed by atoms with E-state index in [1.807, 2.05) is 0 Å². The Morgan fingerprint density at radius 3 is 2.88 bits per heavy atom. The lowest BCUT2D eigenvalue weighted by Gasteiger charge is -2.15. The van der Waals surface area contributed by atoms with Crippen molar-refractivity contribution < 1.29 is 13.6 Å². The minimum absolute atomic E-state index is 0.0747. The number of fused-ring (bicyclic) bond motifs is 1. The normalized spacial score (nSPS) is 12.3. The molecule has 0 saturated heterocycles. The molecule has 2 aromatic heterocycles. The van der Waals surface area contributed by atoms with Crippen LogP contribution in [0.25, 0.3) is 10.2 Å². The minimum atomic E-state index is -0.958. The van der Waals surface area contributed by atoms with Crippen LogP contribution in [-0.2, 0) is 11.3 Å². The molecule has 0 aliphatic carbocycles. The first-order chi connectivity index (χ1) is 12.0. The van der Waals surface area contributed by atoms with Crippen LogP contribution in [0.2, 0.25) is 0 Å². The monoisotopic (exact) mass is 363 g/mol. The van der Waals surface area contributed by atoms with E-state index in [1.54, 1.807) is 18.4 Å². The third kappa shape index (κ3) is 3.74. The average molecular weight is 363 g/mol. The van der Waals surface area contributed by atoms with Crippen LogP contribution in [-0.4, -0.2) is 15.5 Å². The maximum absolute atomic E-state index is 13.3. The molecule has 130 valence electrons. The maximum Gasteiger partial charge on any atom is 0.262 e. The summed E-state index contributed by atoms with van der Waals surface area (Å²) in [6, 6.07) is 4.73. The van der Waals surface area contributed by atoms with E-state index in [9.17, 15) is 18.4 Å². The summed E-state index contributed by atoms with van der Waals surface area (Å²) in [7, 11) is 0. The Labute approximate surface area is 145 Å². The second-order valence-corrected chi connectivity index (χ2v) is 6.49. The van der Waals surface area contributed by atoms with Crippen LogP contribution in [0.15, 0.2) is 40.8 Å². The van der Waals surface area contributed by atoms with Gasteiger partial charge in [0.05, 0.1) is 17.8 Å². The second-order valence-electron chi connectivity index (χ2n) is 5.60. The van der Waals surface area contributed by atoms with Gasteiger partial charge < -0.3 is 5.32 Å². The molecule has 1 amide bonds. The van der Waals surface area contributed by atoms with Gasteiger partial charge >= 0.3 is 0 Å². The standard InChI is InChI=1S/C17H15F2N3O2S/c1-10(11-2-3-13(18)14(19)8-11)21-15(23)4-6-22-9-20-16-12(17(22)24)5-7-25-16/h2-3,5,7-10H,4,6H2,1H3,(H,21,23).